The SMILES string of the molecule is CN1CCCCCC1=N.F[B-](F)(F)F. The van der Waals surface area contributed by atoms with Crippen LogP contribution in [-0.2, 0) is 0 Å². The maximum Gasteiger partial charge on any atom is 0.673 e. The van der Waals surface area contributed by atoms with E-state index in [1.807, 2.05) is 11.9 Å². The molecule has 2 nitrogen and oxygen atoms in total. The van der Waals surface area contributed by atoms with Gasteiger partial charge in [0, 0.05) is 20.0 Å². The minimum absolute atomic E-state index is 0.813. The van der Waals surface area contributed by atoms with Crippen molar-refractivity contribution in [1.29, 1.82) is 5.41 Å². The van der Waals surface area contributed by atoms with Gasteiger partial charge in [0.05, 0.1) is 5.84 Å². The first-order valence-corrected chi connectivity index (χ1v) is 4.46. The number of nitrogens with one attached hydrogen (secondary N) is 1. The summed E-state index contributed by atoms with van der Waals surface area (Å²) < 4.78 is 39.0. The second-order valence-electron chi connectivity index (χ2n) is 3.17. The average Bonchev–Trinajstić information content (AvgIpc) is 2.14. The number of hydrogen-bond acceptors (Lipinski definition) is 1. The third-order valence-corrected chi connectivity index (χ3v) is 1.87. The first-order chi connectivity index (χ1) is 6.30. The molecule has 1 fully saturated rings. The van der Waals surface area contributed by atoms with Gasteiger partial charge in [-0.3, -0.25) is 5.41 Å². The van der Waals surface area contributed by atoms with Gasteiger partial charge >= 0.3 is 7.25 Å². The molecule has 1 saturated heterocycles. The number of rotatable bonds is 0. The normalized spacial score (nSPS) is 18.4. The standard InChI is InChI=1S/C7H14N2.BF4/c1-9-6-4-2-3-5-7(9)8;2-1(3,4)5/h8H,2-6H2,1H3;/q;-1. The number of hydrogen-bond donors (Lipinski definition) is 1. The summed E-state index contributed by atoms with van der Waals surface area (Å²) in [7, 11) is -3.99. The second kappa shape index (κ2) is 5.88. The van der Waals surface area contributed by atoms with E-state index in [0.717, 1.165) is 18.8 Å². The summed E-state index contributed by atoms with van der Waals surface area (Å²) in [6.45, 7) is 1.08. The summed E-state index contributed by atoms with van der Waals surface area (Å²) in [6, 6.07) is 0. The Hall–Kier alpha value is -0.745. The van der Waals surface area contributed by atoms with Crippen molar-refractivity contribution in [2.45, 2.75) is 25.7 Å². The summed E-state index contributed by atoms with van der Waals surface area (Å²) in [5, 5.41) is 7.46. The highest BCUT2D eigenvalue weighted by atomic mass is 19.5. The molecule has 0 aliphatic carbocycles. The highest BCUT2D eigenvalue weighted by molar-refractivity contribution is 6.50. The van der Waals surface area contributed by atoms with E-state index in [1.54, 1.807) is 0 Å². The van der Waals surface area contributed by atoms with Crippen molar-refractivity contribution in [3.05, 3.63) is 0 Å². The van der Waals surface area contributed by atoms with Gasteiger partial charge in [-0.25, -0.2) is 0 Å². The zero-order valence-corrected chi connectivity index (χ0v) is 8.07. The number of amidine groups is 1. The van der Waals surface area contributed by atoms with E-state index in [2.05, 4.69) is 0 Å². The lowest BCUT2D eigenvalue weighted by Crippen LogP contribution is -2.24. The van der Waals surface area contributed by atoms with Crippen LogP contribution in [0.25, 0.3) is 0 Å². The fourth-order valence-corrected chi connectivity index (χ4v) is 1.14. The first kappa shape index (κ1) is 13.3. The minimum Gasteiger partial charge on any atom is -0.418 e. The molecule has 1 N–H and O–H groups in total. The van der Waals surface area contributed by atoms with Crippen molar-refractivity contribution >= 4 is 13.1 Å². The molecule has 1 heterocycles. The molecule has 0 bridgehead atoms. The van der Waals surface area contributed by atoms with Crippen LogP contribution in [0.2, 0.25) is 0 Å². The molecule has 0 spiro atoms. The molecular formula is C7H14BF4N2-. The highest BCUT2D eigenvalue weighted by Gasteiger charge is 2.20. The Morgan fingerprint density at radius 2 is 1.64 bits per heavy atom. The van der Waals surface area contributed by atoms with Crippen molar-refractivity contribution in [1.82, 2.24) is 4.90 Å². The van der Waals surface area contributed by atoms with E-state index in [-0.39, 0.29) is 0 Å². The van der Waals surface area contributed by atoms with Crippen LogP contribution in [0.1, 0.15) is 25.7 Å². The van der Waals surface area contributed by atoms with Gasteiger partial charge in [0.2, 0.25) is 0 Å². The van der Waals surface area contributed by atoms with E-state index >= 15 is 0 Å². The maximum atomic E-state index is 9.75. The molecule has 0 unspecified atom stereocenters. The predicted octanol–water partition coefficient (Wildman–Crippen LogP) is 2.77. The Morgan fingerprint density at radius 1 is 1.14 bits per heavy atom. The van der Waals surface area contributed by atoms with Crippen LogP contribution in [0.5, 0.6) is 0 Å². The molecule has 0 amide bonds. The van der Waals surface area contributed by atoms with Gasteiger partial charge < -0.3 is 22.2 Å². The smallest absolute Gasteiger partial charge is 0.418 e. The Morgan fingerprint density at radius 3 is 2.14 bits per heavy atom. The number of nitrogens with zero attached hydrogens (tertiary/aromatic N) is 1. The van der Waals surface area contributed by atoms with Crippen LogP contribution < -0.4 is 0 Å². The topological polar surface area (TPSA) is 27.1 Å². The van der Waals surface area contributed by atoms with Crippen LogP contribution in [0.3, 0.4) is 0 Å². The third-order valence-electron chi connectivity index (χ3n) is 1.87. The van der Waals surface area contributed by atoms with E-state index in [1.165, 1.54) is 19.3 Å². The van der Waals surface area contributed by atoms with E-state index < -0.39 is 7.25 Å². The molecule has 1 aliphatic heterocycles. The van der Waals surface area contributed by atoms with E-state index in [0.29, 0.717) is 0 Å². The molecule has 7 heteroatoms. The summed E-state index contributed by atoms with van der Waals surface area (Å²) in [5.74, 6) is 0.813. The molecule has 0 radical (unpaired) electrons. The molecule has 0 aromatic carbocycles. The lowest BCUT2D eigenvalue weighted by molar-refractivity contribution is 0.368. The maximum absolute atomic E-state index is 9.75. The van der Waals surface area contributed by atoms with Crippen molar-refractivity contribution in [2.75, 3.05) is 13.6 Å². The first-order valence-electron chi connectivity index (χ1n) is 4.46. The molecule has 14 heavy (non-hydrogen) atoms. The second-order valence-corrected chi connectivity index (χ2v) is 3.17. The van der Waals surface area contributed by atoms with Crippen LogP contribution in [0, 0.1) is 5.41 Å². The monoisotopic (exact) mass is 213 g/mol. The Kier molecular flexibility index (Phi) is 5.56. The molecular weight excluding hydrogens is 199 g/mol. The van der Waals surface area contributed by atoms with Crippen LogP contribution in [0.15, 0.2) is 0 Å². The summed E-state index contributed by atoms with van der Waals surface area (Å²) >= 11 is 0. The van der Waals surface area contributed by atoms with Gasteiger partial charge in [-0.1, -0.05) is 6.42 Å². The minimum atomic E-state index is -6.00. The molecule has 0 saturated carbocycles. The fraction of sp³-hybridized carbons (Fsp3) is 0.857. The fourth-order valence-electron chi connectivity index (χ4n) is 1.14. The van der Waals surface area contributed by atoms with Gasteiger partial charge in [0.25, 0.3) is 0 Å². The van der Waals surface area contributed by atoms with E-state index in [9.17, 15) is 17.3 Å². The zero-order chi connectivity index (χ0) is 11.2. The highest BCUT2D eigenvalue weighted by Crippen LogP contribution is 2.08. The van der Waals surface area contributed by atoms with Crippen molar-refractivity contribution in [3.8, 4) is 0 Å². The zero-order valence-electron chi connectivity index (χ0n) is 8.07. The lowest BCUT2D eigenvalue weighted by atomic mass is 10.2. The van der Waals surface area contributed by atoms with Gasteiger partial charge in [-0.2, -0.15) is 0 Å². The van der Waals surface area contributed by atoms with Crippen LogP contribution >= 0.6 is 0 Å². The Bertz CT molecular complexity index is 177. The molecule has 0 aromatic heterocycles. The summed E-state index contributed by atoms with van der Waals surface area (Å²) in [4.78, 5) is 2.05. The van der Waals surface area contributed by atoms with Crippen LogP contribution in [0.4, 0.5) is 17.3 Å². The third kappa shape index (κ3) is 9.34. The lowest BCUT2D eigenvalue weighted by Gasteiger charge is -2.15. The predicted molar refractivity (Wildman–Crippen MR) is 49.0 cm³/mol. The molecule has 84 valence electrons. The molecule has 0 atom stereocenters. The number of likely N-dealkylation sites (tertiary alicyclic amines) is 1. The Balaban J connectivity index is 0.000000292. The van der Waals surface area contributed by atoms with Crippen molar-refractivity contribution < 1.29 is 17.3 Å². The van der Waals surface area contributed by atoms with E-state index in [4.69, 9.17) is 5.41 Å². The van der Waals surface area contributed by atoms with Gasteiger partial charge in [0.15, 0.2) is 0 Å². The van der Waals surface area contributed by atoms with Gasteiger partial charge in [-0.15, -0.1) is 0 Å². The van der Waals surface area contributed by atoms with Crippen molar-refractivity contribution in [3.63, 3.8) is 0 Å². The molecule has 1 rings (SSSR count). The van der Waals surface area contributed by atoms with Gasteiger partial charge in [-0.05, 0) is 12.8 Å². The summed E-state index contributed by atoms with van der Waals surface area (Å²) in [6.07, 6.45) is 4.76. The quantitative estimate of drug-likeness (QED) is 0.486. The van der Waals surface area contributed by atoms with Gasteiger partial charge in [0.1, 0.15) is 0 Å². The average molecular weight is 213 g/mol. The molecule has 0 aromatic rings. The molecule has 1 aliphatic rings. The Labute approximate surface area is 80.9 Å². The largest absolute Gasteiger partial charge is 0.673 e. The number of halogens is 4. The van der Waals surface area contributed by atoms with Crippen LogP contribution in [-0.4, -0.2) is 31.6 Å². The summed E-state index contributed by atoms with van der Waals surface area (Å²) in [5.41, 5.74) is 0. The van der Waals surface area contributed by atoms with Crippen molar-refractivity contribution in [2.24, 2.45) is 0 Å².